The number of rotatable bonds is 3. The molecule has 0 unspecified atom stereocenters. The minimum atomic E-state index is -3.96. The van der Waals surface area contributed by atoms with Crippen LogP contribution in [-0.4, -0.2) is 35.7 Å². The SMILES string of the molecule is Cc1ccc(S(=O)(=O)n2cc(B3OC(C)(C)C(C)(C)O3)c3c(C)c(F)cnc32)cc1. The molecule has 6 nitrogen and oxygen atoms in total. The molecule has 1 fully saturated rings. The van der Waals surface area contributed by atoms with Crippen LogP contribution < -0.4 is 5.46 Å². The van der Waals surface area contributed by atoms with E-state index in [4.69, 9.17) is 9.31 Å². The van der Waals surface area contributed by atoms with Gasteiger partial charge in [-0.3, -0.25) is 0 Å². The average molecular weight is 430 g/mol. The van der Waals surface area contributed by atoms with E-state index in [2.05, 4.69) is 4.98 Å². The highest BCUT2D eigenvalue weighted by Crippen LogP contribution is 2.37. The lowest BCUT2D eigenvalue weighted by Crippen LogP contribution is -2.41. The standard InChI is InChI=1S/C21H24BFN2O4S/c1-13-7-9-15(10-8-13)30(26,27)25-12-16(18-14(2)17(23)11-24-19(18)25)22-28-20(3,4)21(5,6)29-22/h7-12H,1-6H3. The first-order chi connectivity index (χ1) is 13.8. The molecule has 0 aliphatic carbocycles. The summed E-state index contributed by atoms with van der Waals surface area (Å²) in [5.74, 6) is -0.522. The van der Waals surface area contributed by atoms with Crippen LogP contribution in [0.2, 0.25) is 0 Å². The molecular weight excluding hydrogens is 406 g/mol. The smallest absolute Gasteiger partial charge is 0.399 e. The third-order valence-corrected chi connectivity index (χ3v) is 7.76. The van der Waals surface area contributed by atoms with Crippen LogP contribution in [0.1, 0.15) is 38.8 Å². The number of halogens is 1. The number of hydrogen-bond acceptors (Lipinski definition) is 5. The third-order valence-electron chi connectivity index (χ3n) is 6.10. The van der Waals surface area contributed by atoms with Crippen molar-refractivity contribution in [2.24, 2.45) is 0 Å². The van der Waals surface area contributed by atoms with Crippen molar-refractivity contribution >= 4 is 33.6 Å². The summed E-state index contributed by atoms with van der Waals surface area (Å²) in [6.07, 6.45) is 2.47. The van der Waals surface area contributed by atoms with Gasteiger partial charge in [-0.15, -0.1) is 0 Å². The Labute approximate surface area is 176 Å². The molecule has 0 amide bonds. The van der Waals surface area contributed by atoms with Crippen molar-refractivity contribution in [3.8, 4) is 0 Å². The van der Waals surface area contributed by atoms with Gasteiger partial charge in [-0.1, -0.05) is 17.7 Å². The zero-order valence-corrected chi connectivity index (χ0v) is 18.7. The number of nitrogens with zero attached hydrogens (tertiary/aromatic N) is 2. The van der Waals surface area contributed by atoms with Gasteiger partial charge in [-0.05, 0) is 59.2 Å². The molecule has 9 heteroatoms. The minimum Gasteiger partial charge on any atom is -0.399 e. The van der Waals surface area contributed by atoms with Gasteiger partial charge in [-0.25, -0.2) is 21.8 Å². The van der Waals surface area contributed by atoms with Gasteiger partial charge in [0.1, 0.15) is 5.82 Å². The van der Waals surface area contributed by atoms with E-state index in [0.717, 1.165) is 15.7 Å². The number of hydrogen-bond donors (Lipinski definition) is 0. The Bertz CT molecular complexity index is 1230. The Hall–Kier alpha value is -2.23. The van der Waals surface area contributed by atoms with Crippen molar-refractivity contribution in [2.75, 3.05) is 0 Å². The molecule has 3 heterocycles. The highest BCUT2D eigenvalue weighted by atomic mass is 32.2. The maximum atomic E-state index is 14.4. The van der Waals surface area contributed by atoms with Gasteiger partial charge >= 0.3 is 7.12 Å². The first-order valence-electron chi connectivity index (χ1n) is 9.69. The van der Waals surface area contributed by atoms with Gasteiger partial charge in [0.05, 0.1) is 22.3 Å². The molecule has 2 aromatic heterocycles. The molecule has 0 spiro atoms. The highest BCUT2D eigenvalue weighted by molar-refractivity contribution is 7.90. The molecule has 0 N–H and O–H groups in total. The predicted molar refractivity (Wildman–Crippen MR) is 114 cm³/mol. The first-order valence-corrected chi connectivity index (χ1v) is 11.1. The summed E-state index contributed by atoms with van der Waals surface area (Å²) in [6, 6.07) is 6.54. The van der Waals surface area contributed by atoms with Crippen LogP contribution in [-0.2, 0) is 19.3 Å². The molecule has 158 valence electrons. The first kappa shape index (κ1) is 21.0. The summed E-state index contributed by atoms with van der Waals surface area (Å²) < 4.78 is 54.5. The van der Waals surface area contributed by atoms with E-state index in [1.165, 1.54) is 6.20 Å². The number of fused-ring (bicyclic) bond motifs is 1. The summed E-state index contributed by atoms with van der Waals surface area (Å²) in [4.78, 5) is 4.23. The van der Waals surface area contributed by atoms with E-state index in [1.54, 1.807) is 31.2 Å². The Morgan fingerprint density at radius 2 is 1.60 bits per heavy atom. The van der Waals surface area contributed by atoms with E-state index >= 15 is 0 Å². The van der Waals surface area contributed by atoms with E-state index in [-0.39, 0.29) is 10.5 Å². The van der Waals surface area contributed by atoms with E-state index in [1.807, 2.05) is 34.6 Å². The van der Waals surface area contributed by atoms with E-state index < -0.39 is 34.2 Å². The van der Waals surface area contributed by atoms with Crippen LogP contribution in [0.25, 0.3) is 11.0 Å². The third kappa shape index (κ3) is 3.07. The zero-order chi connectivity index (χ0) is 22.1. The fraction of sp³-hybridized carbons (Fsp3) is 0.381. The van der Waals surface area contributed by atoms with Crippen LogP contribution in [0.15, 0.2) is 41.6 Å². The second-order valence-electron chi connectivity index (χ2n) is 8.72. The van der Waals surface area contributed by atoms with Crippen LogP contribution in [0, 0.1) is 19.7 Å². The topological polar surface area (TPSA) is 70.4 Å². The lowest BCUT2D eigenvalue weighted by atomic mass is 9.78. The molecule has 1 aromatic carbocycles. The van der Waals surface area contributed by atoms with Crippen molar-refractivity contribution in [1.82, 2.24) is 8.96 Å². The Balaban J connectivity index is 1.96. The summed E-state index contributed by atoms with van der Waals surface area (Å²) in [6.45, 7) is 11.1. The van der Waals surface area contributed by atoms with Crippen LogP contribution >= 0.6 is 0 Å². The predicted octanol–water partition coefficient (Wildman–Crippen LogP) is 3.33. The summed E-state index contributed by atoms with van der Waals surface area (Å²) >= 11 is 0. The molecule has 1 aliphatic heterocycles. The number of aromatic nitrogens is 2. The largest absolute Gasteiger partial charge is 0.497 e. The van der Waals surface area contributed by atoms with Crippen molar-refractivity contribution in [1.29, 1.82) is 0 Å². The van der Waals surface area contributed by atoms with Crippen LogP contribution in [0.3, 0.4) is 0 Å². The summed E-state index contributed by atoms with van der Waals surface area (Å²) in [5, 5.41) is 0.379. The van der Waals surface area contributed by atoms with Gasteiger partial charge in [0, 0.05) is 17.0 Å². The molecule has 30 heavy (non-hydrogen) atoms. The lowest BCUT2D eigenvalue weighted by Gasteiger charge is -2.32. The number of aryl methyl sites for hydroxylation is 2. The maximum Gasteiger partial charge on any atom is 0.497 e. The Morgan fingerprint density at radius 3 is 2.17 bits per heavy atom. The second-order valence-corrected chi connectivity index (χ2v) is 10.5. The van der Waals surface area contributed by atoms with Crippen molar-refractivity contribution in [2.45, 2.75) is 57.6 Å². The quantitative estimate of drug-likeness (QED) is 0.597. The normalized spacial score (nSPS) is 18.3. The molecule has 1 saturated heterocycles. The van der Waals surface area contributed by atoms with Crippen molar-refractivity contribution in [3.05, 3.63) is 53.6 Å². The zero-order valence-electron chi connectivity index (χ0n) is 17.9. The van der Waals surface area contributed by atoms with Gasteiger partial charge in [0.25, 0.3) is 10.0 Å². The highest BCUT2D eigenvalue weighted by Gasteiger charge is 2.53. The van der Waals surface area contributed by atoms with Gasteiger partial charge < -0.3 is 9.31 Å². The maximum absolute atomic E-state index is 14.4. The molecule has 3 aromatic rings. The minimum absolute atomic E-state index is 0.120. The molecule has 0 bridgehead atoms. The molecule has 0 atom stereocenters. The fourth-order valence-electron chi connectivity index (χ4n) is 3.49. The number of pyridine rings is 1. The van der Waals surface area contributed by atoms with Crippen molar-refractivity contribution in [3.63, 3.8) is 0 Å². The Morgan fingerprint density at radius 1 is 1.03 bits per heavy atom. The number of benzene rings is 1. The summed E-state index contributed by atoms with van der Waals surface area (Å²) in [7, 11) is -4.81. The molecule has 1 aliphatic rings. The van der Waals surface area contributed by atoms with E-state index in [0.29, 0.717) is 16.4 Å². The fourth-order valence-corrected chi connectivity index (χ4v) is 4.81. The molecule has 0 radical (unpaired) electrons. The summed E-state index contributed by atoms with van der Waals surface area (Å²) in [5.41, 5.74) is 0.554. The van der Waals surface area contributed by atoms with Crippen LogP contribution in [0.4, 0.5) is 4.39 Å². The molecule has 4 rings (SSSR count). The molecular formula is C21H24BFN2O4S. The van der Waals surface area contributed by atoms with Crippen molar-refractivity contribution < 1.29 is 22.1 Å². The van der Waals surface area contributed by atoms with Crippen LogP contribution in [0.5, 0.6) is 0 Å². The van der Waals surface area contributed by atoms with Gasteiger partial charge in [0.2, 0.25) is 0 Å². The average Bonchev–Trinajstić information content (AvgIpc) is 3.14. The lowest BCUT2D eigenvalue weighted by molar-refractivity contribution is 0.00578. The monoisotopic (exact) mass is 430 g/mol. The Kier molecular flexibility index (Phi) is 4.65. The second kappa shape index (κ2) is 6.64. The van der Waals surface area contributed by atoms with Gasteiger partial charge in [-0.2, -0.15) is 0 Å². The van der Waals surface area contributed by atoms with Gasteiger partial charge in [0.15, 0.2) is 5.65 Å². The van der Waals surface area contributed by atoms with E-state index in [9.17, 15) is 12.8 Å². The molecule has 0 saturated carbocycles.